The maximum atomic E-state index is 13.7. The molecule has 7 heteroatoms. The third kappa shape index (κ3) is 4.31. The van der Waals surface area contributed by atoms with Crippen molar-refractivity contribution in [3.05, 3.63) is 53.2 Å². The number of amides is 2. The van der Waals surface area contributed by atoms with E-state index in [1.54, 1.807) is 13.2 Å². The quantitative estimate of drug-likeness (QED) is 0.891. The first-order chi connectivity index (χ1) is 11.2. The normalized spacial score (nSPS) is 12.8. The molecule has 1 aromatic carbocycles. The fourth-order valence-electron chi connectivity index (χ4n) is 2.07. The highest BCUT2D eigenvalue weighted by molar-refractivity contribution is 5.74. The van der Waals surface area contributed by atoms with Gasteiger partial charge in [0.25, 0.3) is 0 Å². The molecule has 24 heavy (non-hydrogen) atoms. The van der Waals surface area contributed by atoms with Crippen molar-refractivity contribution in [2.45, 2.75) is 45.7 Å². The van der Waals surface area contributed by atoms with Gasteiger partial charge in [0.2, 0.25) is 5.89 Å². The summed E-state index contributed by atoms with van der Waals surface area (Å²) in [6.07, 6.45) is 1.56. The predicted molar refractivity (Wildman–Crippen MR) is 85.3 cm³/mol. The molecule has 0 aliphatic carbocycles. The Bertz CT molecular complexity index is 723. The van der Waals surface area contributed by atoms with Gasteiger partial charge in [-0.1, -0.05) is 32.9 Å². The van der Waals surface area contributed by atoms with Crippen LogP contribution in [0.3, 0.4) is 0 Å². The Hall–Kier alpha value is -2.44. The number of halogens is 2. The van der Waals surface area contributed by atoms with E-state index in [9.17, 15) is 13.6 Å². The van der Waals surface area contributed by atoms with Crippen LogP contribution in [0, 0.1) is 11.6 Å². The van der Waals surface area contributed by atoms with Crippen molar-refractivity contribution in [3.8, 4) is 0 Å². The monoisotopic (exact) mass is 337 g/mol. The highest BCUT2D eigenvalue weighted by Gasteiger charge is 2.19. The average molecular weight is 337 g/mol. The van der Waals surface area contributed by atoms with E-state index < -0.39 is 23.7 Å². The number of benzene rings is 1. The van der Waals surface area contributed by atoms with E-state index in [1.807, 2.05) is 20.8 Å². The largest absolute Gasteiger partial charge is 0.447 e. The fourth-order valence-corrected chi connectivity index (χ4v) is 2.07. The van der Waals surface area contributed by atoms with Gasteiger partial charge < -0.3 is 15.1 Å². The van der Waals surface area contributed by atoms with Crippen LogP contribution in [-0.4, -0.2) is 11.0 Å². The molecule has 2 N–H and O–H groups in total. The van der Waals surface area contributed by atoms with Crippen molar-refractivity contribution in [1.82, 2.24) is 15.6 Å². The minimum Gasteiger partial charge on any atom is -0.447 e. The predicted octanol–water partition coefficient (Wildman–Crippen LogP) is 3.81. The van der Waals surface area contributed by atoms with Gasteiger partial charge in [0, 0.05) is 11.0 Å². The van der Waals surface area contributed by atoms with E-state index in [0.717, 1.165) is 11.8 Å². The lowest BCUT2D eigenvalue weighted by Crippen LogP contribution is -2.37. The number of oxazole rings is 1. The van der Waals surface area contributed by atoms with Gasteiger partial charge >= 0.3 is 6.03 Å². The highest BCUT2D eigenvalue weighted by atomic mass is 19.2. The molecule has 1 atom stereocenters. The van der Waals surface area contributed by atoms with Gasteiger partial charge in [-0.3, -0.25) is 0 Å². The number of nitrogens with one attached hydrogen (secondary N) is 2. The van der Waals surface area contributed by atoms with E-state index in [0.29, 0.717) is 5.89 Å². The molecule has 0 bridgehead atoms. The van der Waals surface area contributed by atoms with Crippen molar-refractivity contribution >= 4 is 6.03 Å². The Morgan fingerprint density at radius 2 is 2.04 bits per heavy atom. The summed E-state index contributed by atoms with van der Waals surface area (Å²) >= 11 is 0. The summed E-state index contributed by atoms with van der Waals surface area (Å²) in [4.78, 5) is 16.2. The number of carbonyl (C=O) groups is 1. The maximum Gasteiger partial charge on any atom is 0.315 e. The van der Waals surface area contributed by atoms with Gasteiger partial charge in [0.05, 0.1) is 18.3 Å². The summed E-state index contributed by atoms with van der Waals surface area (Å²) < 4.78 is 32.2. The van der Waals surface area contributed by atoms with Gasteiger partial charge in [-0.2, -0.15) is 0 Å². The number of carbonyl (C=O) groups excluding carboxylic acids is 1. The Morgan fingerprint density at radius 1 is 1.33 bits per heavy atom. The fraction of sp³-hybridized carbons (Fsp3) is 0.412. The summed E-state index contributed by atoms with van der Waals surface area (Å²) in [5, 5.41) is 5.12. The summed E-state index contributed by atoms with van der Waals surface area (Å²) in [5.41, 5.74) is 0.721. The topological polar surface area (TPSA) is 67.2 Å². The lowest BCUT2D eigenvalue weighted by molar-refractivity contribution is 0.236. The van der Waals surface area contributed by atoms with Crippen LogP contribution in [0.5, 0.6) is 0 Å². The van der Waals surface area contributed by atoms with Crippen molar-refractivity contribution in [2.24, 2.45) is 0 Å². The highest BCUT2D eigenvalue weighted by Crippen LogP contribution is 2.21. The zero-order chi connectivity index (χ0) is 17.9. The maximum absolute atomic E-state index is 13.7. The summed E-state index contributed by atoms with van der Waals surface area (Å²) in [7, 11) is 0. The first kappa shape index (κ1) is 17.9. The van der Waals surface area contributed by atoms with Crippen molar-refractivity contribution in [1.29, 1.82) is 0 Å². The van der Waals surface area contributed by atoms with Crippen molar-refractivity contribution in [3.63, 3.8) is 0 Å². The zero-order valence-corrected chi connectivity index (χ0v) is 14.1. The SMILES string of the molecule is CC(NC(=O)NCc1nc(C(C)(C)C)co1)c1cccc(F)c1F. The molecular weight excluding hydrogens is 316 g/mol. The third-order valence-electron chi connectivity index (χ3n) is 3.52. The summed E-state index contributed by atoms with van der Waals surface area (Å²) in [6, 6.07) is 2.63. The Morgan fingerprint density at radius 3 is 2.67 bits per heavy atom. The Balaban J connectivity index is 1.91. The van der Waals surface area contributed by atoms with Crippen LogP contribution in [-0.2, 0) is 12.0 Å². The van der Waals surface area contributed by atoms with E-state index in [-0.39, 0.29) is 17.5 Å². The molecule has 5 nitrogen and oxygen atoms in total. The van der Waals surface area contributed by atoms with Gasteiger partial charge in [-0.05, 0) is 13.0 Å². The van der Waals surface area contributed by atoms with E-state index in [1.165, 1.54) is 12.1 Å². The van der Waals surface area contributed by atoms with E-state index >= 15 is 0 Å². The number of rotatable bonds is 4. The number of nitrogens with zero attached hydrogens (tertiary/aromatic N) is 1. The molecule has 0 spiro atoms. The zero-order valence-electron chi connectivity index (χ0n) is 14.1. The first-order valence-corrected chi connectivity index (χ1v) is 7.61. The second-order valence-electron chi connectivity index (χ2n) is 6.57. The number of urea groups is 1. The number of aromatic nitrogens is 1. The van der Waals surface area contributed by atoms with Crippen LogP contribution >= 0.6 is 0 Å². The molecule has 1 unspecified atom stereocenters. The van der Waals surface area contributed by atoms with Crippen molar-refractivity contribution in [2.75, 3.05) is 0 Å². The molecule has 0 saturated carbocycles. The van der Waals surface area contributed by atoms with E-state index in [4.69, 9.17) is 4.42 Å². The lowest BCUT2D eigenvalue weighted by atomic mass is 9.93. The summed E-state index contributed by atoms with van der Waals surface area (Å²) in [6.45, 7) is 7.68. The molecular formula is C17H21F2N3O2. The van der Waals surface area contributed by atoms with Gasteiger partial charge in [-0.15, -0.1) is 0 Å². The van der Waals surface area contributed by atoms with Crippen LogP contribution in [0.25, 0.3) is 0 Å². The minimum absolute atomic E-state index is 0.0799. The average Bonchev–Trinajstić information content (AvgIpc) is 2.97. The van der Waals surface area contributed by atoms with Crippen molar-refractivity contribution < 1.29 is 18.0 Å². The molecule has 2 amide bonds. The number of hydrogen-bond acceptors (Lipinski definition) is 3. The Labute approximate surface area is 139 Å². The van der Waals surface area contributed by atoms with Crippen LogP contribution in [0.4, 0.5) is 13.6 Å². The molecule has 2 rings (SSSR count). The standard InChI is InChI=1S/C17H21F2N3O2/c1-10(11-6-5-7-12(18)15(11)19)21-16(23)20-8-14-22-13(9-24-14)17(2,3)4/h5-7,9-10H,8H2,1-4H3,(H2,20,21,23). The first-order valence-electron chi connectivity index (χ1n) is 7.61. The Kier molecular flexibility index (Phi) is 5.21. The summed E-state index contributed by atoms with van der Waals surface area (Å²) in [5.74, 6) is -1.54. The third-order valence-corrected chi connectivity index (χ3v) is 3.52. The molecule has 130 valence electrons. The van der Waals surface area contributed by atoms with Gasteiger partial charge in [-0.25, -0.2) is 18.6 Å². The second-order valence-corrected chi connectivity index (χ2v) is 6.57. The second kappa shape index (κ2) is 6.98. The van der Waals surface area contributed by atoms with Crippen LogP contribution in [0.2, 0.25) is 0 Å². The van der Waals surface area contributed by atoms with Crippen LogP contribution in [0.1, 0.15) is 50.9 Å². The molecule has 0 saturated heterocycles. The molecule has 0 aliphatic rings. The minimum atomic E-state index is -0.965. The van der Waals surface area contributed by atoms with Crippen LogP contribution in [0.15, 0.2) is 28.9 Å². The molecule has 2 aromatic rings. The van der Waals surface area contributed by atoms with Gasteiger partial charge in [0.15, 0.2) is 11.6 Å². The van der Waals surface area contributed by atoms with E-state index in [2.05, 4.69) is 15.6 Å². The molecule has 1 aromatic heterocycles. The molecule has 0 fully saturated rings. The lowest BCUT2D eigenvalue weighted by Gasteiger charge is -2.15. The molecule has 0 radical (unpaired) electrons. The van der Waals surface area contributed by atoms with Crippen LogP contribution < -0.4 is 10.6 Å². The molecule has 1 heterocycles. The molecule has 0 aliphatic heterocycles. The smallest absolute Gasteiger partial charge is 0.315 e. The van der Waals surface area contributed by atoms with Gasteiger partial charge in [0.1, 0.15) is 6.26 Å². The number of hydrogen-bond donors (Lipinski definition) is 2.